The molecule has 0 atom stereocenters. The fraction of sp³-hybridized carbons (Fsp3) is 0.300. The number of benzene rings is 2. The maximum Gasteiger partial charge on any atom is 0.120 e. The lowest BCUT2D eigenvalue weighted by molar-refractivity contribution is 0.311. The molecule has 0 saturated heterocycles. The number of methoxy groups -OCH3 is 1. The average Bonchev–Trinajstić information content (AvgIpc) is 2.88. The smallest absolute Gasteiger partial charge is 0.120 e. The number of aryl methyl sites for hydroxylation is 1. The summed E-state index contributed by atoms with van der Waals surface area (Å²) in [6, 6.07) is 15.1. The molecule has 3 aromatic rings. The Morgan fingerprint density at radius 2 is 1.96 bits per heavy atom. The Hall–Kier alpha value is -2.26. The summed E-state index contributed by atoms with van der Waals surface area (Å²) in [7, 11) is 3.92. The van der Waals surface area contributed by atoms with Crippen molar-refractivity contribution in [2.75, 3.05) is 20.7 Å². The molecular formula is C20H22N2O. The molecular weight excluding hydrogens is 284 g/mol. The summed E-state index contributed by atoms with van der Waals surface area (Å²) in [6.45, 7) is 4.29. The van der Waals surface area contributed by atoms with Crippen molar-refractivity contribution in [3.05, 3.63) is 59.3 Å². The van der Waals surface area contributed by atoms with Crippen molar-refractivity contribution in [1.82, 2.24) is 9.47 Å². The van der Waals surface area contributed by atoms with Gasteiger partial charge in [0.1, 0.15) is 5.75 Å². The van der Waals surface area contributed by atoms with Gasteiger partial charge in [0.25, 0.3) is 0 Å². The lowest BCUT2D eigenvalue weighted by atomic mass is 10.0. The van der Waals surface area contributed by atoms with E-state index < -0.39 is 0 Å². The van der Waals surface area contributed by atoms with Gasteiger partial charge >= 0.3 is 0 Å². The quantitative estimate of drug-likeness (QED) is 0.713. The van der Waals surface area contributed by atoms with Crippen LogP contribution >= 0.6 is 0 Å². The van der Waals surface area contributed by atoms with Crippen LogP contribution in [0, 0.1) is 6.92 Å². The maximum absolute atomic E-state index is 5.42. The summed E-state index contributed by atoms with van der Waals surface area (Å²) in [5, 5.41) is 1.38. The highest BCUT2D eigenvalue weighted by atomic mass is 16.5. The number of aromatic nitrogens is 1. The second kappa shape index (κ2) is 5.43. The van der Waals surface area contributed by atoms with Crippen molar-refractivity contribution < 1.29 is 4.74 Å². The minimum atomic E-state index is 0.901. The monoisotopic (exact) mass is 306 g/mol. The first-order valence-electron chi connectivity index (χ1n) is 8.13. The first kappa shape index (κ1) is 14.3. The summed E-state index contributed by atoms with van der Waals surface area (Å²) in [5.74, 6) is 0.901. The first-order valence-corrected chi connectivity index (χ1v) is 8.13. The minimum Gasteiger partial charge on any atom is -0.497 e. The lowest BCUT2D eigenvalue weighted by Crippen LogP contribution is -2.27. The molecule has 1 aliphatic heterocycles. The topological polar surface area (TPSA) is 17.4 Å². The molecule has 0 spiro atoms. The van der Waals surface area contributed by atoms with Gasteiger partial charge in [0.15, 0.2) is 0 Å². The van der Waals surface area contributed by atoms with Crippen LogP contribution in [0.4, 0.5) is 0 Å². The molecule has 0 radical (unpaired) electrons. The number of fused-ring (bicyclic) bond motifs is 3. The summed E-state index contributed by atoms with van der Waals surface area (Å²) >= 11 is 0. The summed E-state index contributed by atoms with van der Waals surface area (Å²) in [5.41, 5.74) is 6.71. The van der Waals surface area contributed by atoms with Gasteiger partial charge in [-0.25, -0.2) is 0 Å². The van der Waals surface area contributed by atoms with E-state index in [0.717, 1.165) is 25.3 Å². The SMILES string of the molecule is COc1cccc(-n2c3c(c4cc(C)ccc42)CN(C)CC3)c1. The molecule has 0 amide bonds. The van der Waals surface area contributed by atoms with Crippen molar-refractivity contribution in [2.45, 2.75) is 19.9 Å². The molecule has 0 N–H and O–H groups in total. The zero-order valence-corrected chi connectivity index (χ0v) is 14.0. The standard InChI is InChI=1S/C20H22N2O/c1-14-7-8-19-17(11-14)18-13-21(2)10-9-20(18)22(19)15-5-4-6-16(12-15)23-3/h4-8,11-12H,9-10,13H2,1-3H3. The molecule has 3 heteroatoms. The normalized spacial score (nSPS) is 14.9. The van der Waals surface area contributed by atoms with E-state index in [4.69, 9.17) is 4.74 Å². The van der Waals surface area contributed by atoms with Gasteiger partial charge in [-0.2, -0.15) is 0 Å². The molecule has 118 valence electrons. The molecule has 23 heavy (non-hydrogen) atoms. The molecule has 1 aromatic heterocycles. The minimum absolute atomic E-state index is 0.901. The van der Waals surface area contributed by atoms with Crippen LogP contribution in [0.3, 0.4) is 0 Å². The molecule has 0 saturated carbocycles. The van der Waals surface area contributed by atoms with E-state index in [9.17, 15) is 0 Å². The number of rotatable bonds is 2. The van der Waals surface area contributed by atoms with Crippen LogP contribution in [-0.2, 0) is 13.0 Å². The fourth-order valence-corrected chi connectivity index (χ4v) is 3.65. The summed E-state index contributed by atoms with van der Waals surface area (Å²) in [6.07, 6.45) is 1.08. The molecule has 3 nitrogen and oxygen atoms in total. The van der Waals surface area contributed by atoms with E-state index in [0.29, 0.717) is 0 Å². The molecule has 1 aliphatic rings. The van der Waals surface area contributed by atoms with Crippen LogP contribution < -0.4 is 4.74 Å². The van der Waals surface area contributed by atoms with Crippen LogP contribution in [0.15, 0.2) is 42.5 Å². The van der Waals surface area contributed by atoms with Crippen molar-refractivity contribution in [3.8, 4) is 11.4 Å². The van der Waals surface area contributed by atoms with E-state index in [2.05, 4.69) is 59.8 Å². The maximum atomic E-state index is 5.42. The Morgan fingerprint density at radius 3 is 2.78 bits per heavy atom. The lowest BCUT2D eigenvalue weighted by Gasteiger charge is -2.24. The third-order valence-corrected chi connectivity index (χ3v) is 4.81. The third kappa shape index (κ3) is 2.32. The zero-order chi connectivity index (χ0) is 16.0. The zero-order valence-electron chi connectivity index (χ0n) is 14.0. The van der Waals surface area contributed by atoms with Crippen molar-refractivity contribution in [2.24, 2.45) is 0 Å². The van der Waals surface area contributed by atoms with Crippen LogP contribution in [-0.4, -0.2) is 30.2 Å². The second-order valence-electron chi connectivity index (χ2n) is 6.47. The second-order valence-corrected chi connectivity index (χ2v) is 6.47. The Morgan fingerprint density at radius 1 is 1.09 bits per heavy atom. The molecule has 0 bridgehead atoms. The predicted octanol–water partition coefficient (Wildman–Crippen LogP) is 3.94. The summed E-state index contributed by atoms with van der Waals surface area (Å²) < 4.78 is 7.84. The highest BCUT2D eigenvalue weighted by Crippen LogP contribution is 2.34. The molecule has 2 heterocycles. The molecule has 2 aromatic carbocycles. The third-order valence-electron chi connectivity index (χ3n) is 4.81. The molecule has 0 fully saturated rings. The van der Waals surface area contributed by atoms with Crippen LogP contribution in [0.5, 0.6) is 5.75 Å². The van der Waals surface area contributed by atoms with Gasteiger partial charge in [0.2, 0.25) is 0 Å². The van der Waals surface area contributed by atoms with Crippen LogP contribution in [0.25, 0.3) is 16.6 Å². The molecule has 0 unspecified atom stereocenters. The van der Waals surface area contributed by atoms with Crippen LogP contribution in [0.2, 0.25) is 0 Å². The van der Waals surface area contributed by atoms with Gasteiger partial charge in [-0.1, -0.05) is 17.7 Å². The van der Waals surface area contributed by atoms with Gasteiger partial charge in [-0.05, 0) is 43.8 Å². The molecule has 4 rings (SSSR count). The largest absolute Gasteiger partial charge is 0.497 e. The Bertz CT molecular complexity index is 879. The number of nitrogens with zero attached hydrogens (tertiary/aromatic N) is 2. The highest BCUT2D eigenvalue weighted by Gasteiger charge is 2.23. The van der Waals surface area contributed by atoms with E-state index in [1.807, 2.05) is 6.07 Å². The Balaban J connectivity index is 2.02. The van der Waals surface area contributed by atoms with Crippen molar-refractivity contribution >= 4 is 10.9 Å². The van der Waals surface area contributed by atoms with E-state index >= 15 is 0 Å². The van der Waals surface area contributed by atoms with Crippen molar-refractivity contribution in [1.29, 1.82) is 0 Å². The number of hydrogen-bond donors (Lipinski definition) is 0. The van der Waals surface area contributed by atoms with Gasteiger partial charge in [0.05, 0.1) is 12.6 Å². The predicted molar refractivity (Wildman–Crippen MR) is 94.6 cm³/mol. The number of hydrogen-bond acceptors (Lipinski definition) is 2. The van der Waals surface area contributed by atoms with Gasteiger partial charge in [-0.3, -0.25) is 0 Å². The number of likely N-dealkylation sites (N-methyl/N-ethyl adjacent to an activating group) is 1. The van der Waals surface area contributed by atoms with Crippen LogP contribution in [0.1, 0.15) is 16.8 Å². The molecule has 0 aliphatic carbocycles. The Kier molecular flexibility index (Phi) is 3.38. The summed E-state index contributed by atoms with van der Waals surface area (Å²) in [4.78, 5) is 2.40. The van der Waals surface area contributed by atoms with Gasteiger partial charge < -0.3 is 14.2 Å². The van der Waals surface area contributed by atoms with E-state index in [1.165, 1.54) is 33.4 Å². The van der Waals surface area contributed by atoms with E-state index in [1.54, 1.807) is 7.11 Å². The fourth-order valence-electron chi connectivity index (χ4n) is 3.65. The first-order chi connectivity index (χ1) is 11.2. The number of ether oxygens (including phenoxy) is 1. The average molecular weight is 306 g/mol. The van der Waals surface area contributed by atoms with E-state index in [-0.39, 0.29) is 0 Å². The van der Waals surface area contributed by atoms with Gasteiger partial charge in [0, 0.05) is 42.3 Å². The van der Waals surface area contributed by atoms with Crippen molar-refractivity contribution in [3.63, 3.8) is 0 Å². The highest BCUT2D eigenvalue weighted by molar-refractivity contribution is 5.88. The van der Waals surface area contributed by atoms with Gasteiger partial charge in [-0.15, -0.1) is 0 Å². The Labute approximate surface area is 137 Å².